The molecule has 0 radical (unpaired) electrons. The minimum atomic E-state index is -0.480. The Balaban J connectivity index is 1.47. The summed E-state index contributed by atoms with van der Waals surface area (Å²) in [5.41, 5.74) is 0.648. The number of nitrogens with one attached hydrogen (secondary N) is 1. The number of rotatable bonds is 8. The van der Waals surface area contributed by atoms with E-state index in [0.29, 0.717) is 17.9 Å². The molecule has 0 spiro atoms. The zero-order valence-corrected chi connectivity index (χ0v) is 15.5. The lowest BCUT2D eigenvalue weighted by molar-refractivity contribution is -0.384. The van der Waals surface area contributed by atoms with E-state index in [-0.39, 0.29) is 11.7 Å². The molecular weight excluding hydrogens is 380 g/mol. The van der Waals surface area contributed by atoms with E-state index >= 15 is 0 Å². The topological polar surface area (TPSA) is 111 Å². The quantitative estimate of drug-likeness (QED) is 0.265. The van der Waals surface area contributed by atoms with Crippen molar-refractivity contribution >= 4 is 35.4 Å². The van der Waals surface area contributed by atoms with Crippen molar-refractivity contribution in [3.8, 4) is 0 Å². The summed E-state index contributed by atoms with van der Waals surface area (Å²) in [7, 11) is 0. The number of anilines is 1. The third-order valence-corrected chi connectivity index (χ3v) is 4.57. The van der Waals surface area contributed by atoms with Crippen LogP contribution in [0.1, 0.15) is 11.5 Å². The minimum absolute atomic E-state index is 0.00887. The van der Waals surface area contributed by atoms with Crippen LogP contribution in [0.3, 0.4) is 0 Å². The number of amides is 1. The fourth-order valence-electron chi connectivity index (χ4n) is 2.20. The van der Waals surface area contributed by atoms with Crippen LogP contribution in [0.15, 0.2) is 70.0 Å². The van der Waals surface area contributed by atoms with Crippen LogP contribution in [0.5, 0.6) is 0 Å². The third-order valence-electron chi connectivity index (χ3n) is 3.56. The van der Waals surface area contributed by atoms with Gasteiger partial charge in [-0.15, -0.1) is 16.9 Å². The van der Waals surface area contributed by atoms with Gasteiger partial charge in [-0.3, -0.25) is 20.2 Å². The van der Waals surface area contributed by atoms with Gasteiger partial charge in [0.05, 0.1) is 4.92 Å². The first-order valence-electron chi connectivity index (χ1n) is 8.34. The molecule has 2 aromatic carbocycles. The monoisotopic (exact) mass is 396 g/mol. The second kappa shape index (κ2) is 9.47. The molecule has 0 atom stereocenters. The number of benzene rings is 2. The van der Waals surface area contributed by atoms with Gasteiger partial charge in [0.25, 0.3) is 11.6 Å². The van der Waals surface area contributed by atoms with Crippen LogP contribution in [-0.4, -0.2) is 26.8 Å². The Hall–Kier alpha value is -3.46. The predicted octanol–water partition coefficient (Wildman–Crippen LogP) is 3.96. The van der Waals surface area contributed by atoms with Gasteiger partial charge in [-0.2, -0.15) is 0 Å². The van der Waals surface area contributed by atoms with E-state index in [1.165, 1.54) is 24.3 Å². The average Bonchev–Trinajstić information content (AvgIpc) is 3.14. The summed E-state index contributed by atoms with van der Waals surface area (Å²) in [6.45, 7) is 0. The Bertz CT molecular complexity index is 971. The maximum atomic E-state index is 11.9. The minimum Gasteiger partial charge on any atom is -0.408 e. The Morgan fingerprint density at radius 1 is 1.14 bits per heavy atom. The molecule has 0 aliphatic heterocycles. The van der Waals surface area contributed by atoms with Crippen molar-refractivity contribution < 1.29 is 14.1 Å². The van der Waals surface area contributed by atoms with E-state index in [1.807, 2.05) is 30.3 Å². The first kappa shape index (κ1) is 19.3. The number of nitro groups is 1. The first-order chi connectivity index (χ1) is 13.6. The molecule has 0 fully saturated rings. The van der Waals surface area contributed by atoms with Crippen LogP contribution >= 0.6 is 11.8 Å². The number of aryl methyl sites for hydroxylation is 1. The summed E-state index contributed by atoms with van der Waals surface area (Å²) in [5.74, 6) is 0.782. The van der Waals surface area contributed by atoms with Crippen LogP contribution in [0.4, 0.5) is 11.7 Å². The van der Waals surface area contributed by atoms with Gasteiger partial charge in [0.15, 0.2) is 0 Å². The largest absolute Gasteiger partial charge is 0.408 e. The molecule has 8 nitrogen and oxygen atoms in total. The number of thioether (sulfide) groups is 1. The summed E-state index contributed by atoms with van der Waals surface area (Å²) in [4.78, 5) is 23.2. The highest BCUT2D eigenvalue weighted by molar-refractivity contribution is 7.99. The van der Waals surface area contributed by atoms with Crippen molar-refractivity contribution in [1.82, 2.24) is 10.2 Å². The molecule has 0 unspecified atom stereocenters. The van der Waals surface area contributed by atoms with Gasteiger partial charge in [0.1, 0.15) is 0 Å². The van der Waals surface area contributed by atoms with Gasteiger partial charge in [-0.1, -0.05) is 23.3 Å². The predicted molar refractivity (Wildman–Crippen MR) is 106 cm³/mol. The van der Waals surface area contributed by atoms with Crippen molar-refractivity contribution in [2.45, 2.75) is 11.3 Å². The molecule has 28 heavy (non-hydrogen) atoms. The van der Waals surface area contributed by atoms with Crippen molar-refractivity contribution in [3.63, 3.8) is 0 Å². The molecule has 142 valence electrons. The molecule has 3 aromatic rings. The summed E-state index contributed by atoms with van der Waals surface area (Å²) >= 11 is 1.68. The number of nitrogens with zero attached hydrogens (tertiary/aromatic N) is 3. The highest BCUT2D eigenvalue weighted by Gasteiger charge is 2.08. The molecule has 1 heterocycles. The fraction of sp³-hybridized carbons (Fsp3) is 0.105. The molecule has 1 amide bonds. The lowest BCUT2D eigenvalue weighted by Gasteiger charge is -1.98. The number of hydrogen-bond donors (Lipinski definition) is 1. The molecule has 0 saturated heterocycles. The van der Waals surface area contributed by atoms with Crippen LogP contribution in [0.25, 0.3) is 6.08 Å². The molecule has 0 saturated carbocycles. The smallest absolute Gasteiger partial charge is 0.322 e. The average molecular weight is 396 g/mol. The molecule has 0 aliphatic rings. The van der Waals surface area contributed by atoms with E-state index < -0.39 is 10.8 Å². The van der Waals surface area contributed by atoms with Crippen LogP contribution in [-0.2, 0) is 11.2 Å². The molecule has 3 rings (SSSR count). The number of non-ortho nitro benzene ring substituents is 1. The van der Waals surface area contributed by atoms with Gasteiger partial charge in [0, 0.05) is 35.3 Å². The molecular formula is C19H16N4O4S. The highest BCUT2D eigenvalue weighted by atomic mass is 32.2. The lowest BCUT2D eigenvalue weighted by atomic mass is 10.2. The molecule has 0 aliphatic carbocycles. The number of carbonyl (C=O) groups is 1. The van der Waals surface area contributed by atoms with Gasteiger partial charge >= 0.3 is 6.01 Å². The SMILES string of the molecule is O=C(C=Cc1ccc([N+](=O)[O-])cc1)Nc1nnc(CCSc2ccccc2)o1. The normalized spacial score (nSPS) is 10.9. The maximum absolute atomic E-state index is 11.9. The summed E-state index contributed by atoms with van der Waals surface area (Å²) in [6, 6.07) is 15.9. The van der Waals surface area contributed by atoms with Crippen molar-refractivity contribution in [2.75, 3.05) is 11.1 Å². The Morgan fingerprint density at radius 2 is 1.89 bits per heavy atom. The zero-order chi connectivity index (χ0) is 19.8. The second-order valence-corrected chi connectivity index (χ2v) is 6.75. The van der Waals surface area contributed by atoms with E-state index in [9.17, 15) is 14.9 Å². The molecule has 1 N–H and O–H groups in total. The van der Waals surface area contributed by atoms with Gasteiger partial charge in [0.2, 0.25) is 5.89 Å². The summed E-state index contributed by atoms with van der Waals surface area (Å²) < 4.78 is 5.41. The van der Waals surface area contributed by atoms with Crippen molar-refractivity contribution in [1.29, 1.82) is 0 Å². The van der Waals surface area contributed by atoms with E-state index in [2.05, 4.69) is 15.5 Å². The highest BCUT2D eigenvalue weighted by Crippen LogP contribution is 2.18. The van der Waals surface area contributed by atoms with Crippen LogP contribution < -0.4 is 5.32 Å². The van der Waals surface area contributed by atoms with Crippen LogP contribution in [0.2, 0.25) is 0 Å². The number of carbonyl (C=O) groups excluding carboxylic acids is 1. The van der Waals surface area contributed by atoms with Crippen molar-refractivity contribution in [3.05, 3.63) is 82.2 Å². The standard InChI is InChI=1S/C19H16N4O4S/c24-17(11-8-14-6-9-15(10-7-14)23(25)26)20-19-22-21-18(27-19)12-13-28-16-4-2-1-3-5-16/h1-11H,12-13H2,(H,20,22,24). The lowest BCUT2D eigenvalue weighted by Crippen LogP contribution is -2.07. The number of aromatic nitrogens is 2. The van der Waals surface area contributed by atoms with Crippen molar-refractivity contribution in [2.24, 2.45) is 0 Å². The zero-order valence-electron chi connectivity index (χ0n) is 14.6. The number of hydrogen-bond acceptors (Lipinski definition) is 7. The van der Waals surface area contributed by atoms with Gasteiger partial charge in [-0.25, -0.2) is 0 Å². The second-order valence-electron chi connectivity index (χ2n) is 5.58. The fourth-order valence-corrected chi connectivity index (χ4v) is 3.07. The number of nitro benzene ring substituents is 1. The Morgan fingerprint density at radius 3 is 2.61 bits per heavy atom. The van der Waals surface area contributed by atoms with E-state index in [4.69, 9.17) is 4.42 Å². The Kier molecular flexibility index (Phi) is 6.53. The third kappa shape index (κ3) is 5.78. The van der Waals surface area contributed by atoms with E-state index in [1.54, 1.807) is 23.9 Å². The Labute approximate surface area is 164 Å². The first-order valence-corrected chi connectivity index (χ1v) is 9.32. The molecule has 0 bridgehead atoms. The summed E-state index contributed by atoms with van der Waals surface area (Å²) in [5, 5.41) is 20.8. The van der Waals surface area contributed by atoms with Crippen LogP contribution in [0, 0.1) is 10.1 Å². The van der Waals surface area contributed by atoms with E-state index in [0.717, 1.165) is 10.6 Å². The summed E-state index contributed by atoms with van der Waals surface area (Å²) in [6.07, 6.45) is 3.41. The van der Waals surface area contributed by atoms with Gasteiger partial charge in [-0.05, 0) is 35.9 Å². The van der Waals surface area contributed by atoms with Gasteiger partial charge < -0.3 is 4.42 Å². The molecule has 1 aromatic heterocycles. The molecule has 9 heteroatoms. The maximum Gasteiger partial charge on any atom is 0.322 e.